The number of halogens is 1. The van der Waals surface area contributed by atoms with Gasteiger partial charge in [0.1, 0.15) is 18.1 Å². The summed E-state index contributed by atoms with van der Waals surface area (Å²) in [5.41, 5.74) is 6.18. The first-order valence-electron chi connectivity index (χ1n) is 10.2. The van der Waals surface area contributed by atoms with Crippen LogP contribution in [-0.4, -0.2) is 42.7 Å². The Labute approximate surface area is 181 Å². The quantitative estimate of drug-likeness (QED) is 0.696. The second kappa shape index (κ2) is 8.70. The van der Waals surface area contributed by atoms with Crippen LogP contribution in [0.25, 0.3) is 5.57 Å². The summed E-state index contributed by atoms with van der Waals surface area (Å²) < 4.78 is 11.4. The third-order valence-corrected chi connectivity index (χ3v) is 6.30. The van der Waals surface area contributed by atoms with Crippen molar-refractivity contribution in [3.05, 3.63) is 63.7 Å². The number of ether oxygens (including phenoxy) is 2. The van der Waals surface area contributed by atoms with Crippen molar-refractivity contribution in [3.8, 4) is 11.5 Å². The monoisotopic (exact) mass is 427 g/mol. The van der Waals surface area contributed by atoms with Gasteiger partial charge in [-0.3, -0.25) is 9.69 Å². The Hall–Kier alpha value is -2.50. The van der Waals surface area contributed by atoms with Gasteiger partial charge in [-0.25, -0.2) is 0 Å². The number of carboxylic acids is 1. The summed E-state index contributed by atoms with van der Waals surface area (Å²) in [7, 11) is 1.64. The van der Waals surface area contributed by atoms with Crippen molar-refractivity contribution < 1.29 is 19.4 Å². The average molecular weight is 428 g/mol. The fraction of sp³-hybridized carbons (Fsp3) is 0.375. The SMILES string of the molecule is COc1ccc(Cl)cc1COc1ccc2c(c1)CCC(CN1CC(C(=O)O)C1)=C2C. The molecule has 5 nitrogen and oxygen atoms in total. The largest absolute Gasteiger partial charge is 0.496 e. The van der Waals surface area contributed by atoms with Crippen LogP contribution in [0.15, 0.2) is 42.0 Å². The molecule has 1 N–H and O–H groups in total. The summed E-state index contributed by atoms with van der Waals surface area (Å²) in [5, 5.41) is 9.72. The van der Waals surface area contributed by atoms with E-state index in [4.69, 9.17) is 26.2 Å². The maximum absolute atomic E-state index is 11.0. The van der Waals surface area contributed by atoms with Gasteiger partial charge in [-0.15, -0.1) is 0 Å². The molecule has 0 saturated carbocycles. The Morgan fingerprint density at radius 3 is 2.73 bits per heavy atom. The minimum atomic E-state index is -0.686. The van der Waals surface area contributed by atoms with Crippen LogP contribution in [0, 0.1) is 5.92 Å². The number of benzene rings is 2. The second-order valence-electron chi connectivity index (χ2n) is 8.02. The number of hydrogen-bond acceptors (Lipinski definition) is 4. The molecule has 6 heteroatoms. The predicted octanol–water partition coefficient (Wildman–Crippen LogP) is 4.66. The first-order chi connectivity index (χ1) is 14.4. The van der Waals surface area contributed by atoms with Crippen LogP contribution >= 0.6 is 11.6 Å². The summed E-state index contributed by atoms with van der Waals surface area (Å²) in [6.45, 7) is 4.72. The molecule has 1 aliphatic carbocycles. The highest BCUT2D eigenvalue weighted by molar-refractivity contribution is 6.30. The molecule has 1 aliphatic heterocycles. The Morgan fingerprint density at radius 1 is 1.20 bits per heavy atom. The first kappa shape index (κ1) is 20.8. The second-order valence-corrected chi connectivity index (χ2v) is 8.46. The highest BCUT2D eigenvalue weighted by Crippen LogP contribution is 2.35. The smallest absolute Gasteiger partial charge is 0.309 e. The number of hydrogen-bond donors (Lipinski definition) is 1. The number of carbonyl (C=O) groups is 1. The number of methoxy groups -OCH3 is 1. The molecule has 4 rings (SSSR count). The van der Waals surface area contributed by atoms with Gasteiger partial charge < -0.3 is 14.6 Å². The molecule has 1 heterocycles. The topological polar surface area (TPSA) is 59.0 Å². The summed E-state index contributed by atoms with van der Waals surface area (Å²) in [6.07, 6.45) is 1.97. The number of likely N-dealkylation sites (tertiary alicyclic amines) is 1. The standard InChI is InChI=1S/C24H26ClNO4/c1-15-17(11-26-12-19(13-26)24(27)28)4-3-16-10-21(6-7-22(15)16)30-14-18-9-20(25)5-8-23(18)29-2/h5-10,19H,3-4,11-14H2,1-2H3,(H,27,28). The number of allylic oxidation sites excluding steroid dienone is 1. The highest BCUT2D eigenvalue weighted by atomic mass is 35.5. The van der Waals surface area contributed by atoms with Crippen LogP contribution < -0.4 is 9.47 Å². The molecular weight excluding hydrogens is 402 g/mol. The fourth-order valence-corrected chi connectivity index (χ4v) is 4.43. The lowest BCUT2D eigenvalue weighted by Gasteiger charge is -2.38. The zero-order valence-corrected chi connectivity index (χ0v) is 18.0. The predicted molar refractivity (Wildman–Crippen MR) is 117 cm³/mol. The Kier molecular flexibility index (Phi) is 6.02. The molecule has 0 bridgehead atoms. The molecule has 2 aliphatic rings. The van der Waals surface area contributed by atoms with E-state index >= 15 is 0 Å². The highest BCUT2D eigenvalue weighted by Gasteiger charge is 2.33. The molecule has 0 aromatic heterocycles. The van der Waals surface area contributed by atoms with Crippen LogP contribution in [-0.2, 0) is 17.8 Å². The van der Waals surface area contributed by atoms with Crippen molar-refractivity contribution >= 4 is 23.1 Å². The van der Waals surface area contributed by atoms with E-state index in [1.54, 1.807) is 13.2 Å². The van der Waals surface area contributed by atoms with Gasteiger partial charge in [-0.05, 0) is 66.8 Å². The van der Waals surface area contributed by atoms with Crippen molar-refractivity contribution in [2.24, 2.45) is 5.92 Å². The van der Waals surface area contributed by atoms with E-state index in [-0.39, 0.29) is 5.92 Å². The van der Waals surface area contributed by atoms with Crippen LogP contribution in [0.2, 0.25) is 5.02 Å². The molecule has 1 saturated heterocycles. The molecule has 2 aromatic carbocycles. The maximum atomic E-state index is 11.0. The van der Waals surface area contributed by atoms with Gasteiger partial charge in [0.2, 0.25) is 0 Å². The molecule has 0 unspecified atom stereocenters. The van der Waals surface area contributed by atoms with Gasteiger partial charge >= 0.3 is 5.97 Å². The molecule has 2 aromatic rings. The molecule has 30 heavy (non-hydrogen) atoms. The zero-order chi connectivity index (χ0) is 21.3. The molecule has 0 atom stereocenters. The van der Waals surface area contributed by atoms with Crippen molar-refractivity contribution in [2.75, 3.05) is 26.7 Å². The van der Waals surface area contributed by atoms with Crippen molar-refractivity contribution in [1.29, 1.82) is 0 Å². The summed E-state index contributed by atoms with van der Waals surface area (Å²) in [6, 6.07) is 11.8. The van der Waals surface area contributed by atoms with Gasteiger partial charge in [-0.1, -0.05) is 23.2 Å². The van der Waals surface area contributed by atoms with E-state index < -0.39 is 5.97 Å². The van der Waals surface area contributed by atoms with E-state index in [1.807, 2.05) is 18.2 Å². The lowest BCUT2D eigenvalue weighted by atomic mass is 9.85. The van der Waals surface area contributed by atoms with Crippen LogP contribution in [0.4, 0.5) is 0 Å². The van der Waals surface area contributed by atoms with Crippen molar-refractivity contribution in [2.45, 2.75) is 26.4 Å². The minimum absolute atomic E-state index is 0.209. The number of rotatable bonds is 7. The summed E-state index contributed by atoms with van der Waals surface area (Å²) >= 11 is 6.11. The number of nitrogens with zero attached hydrogens (tertiary/aromatic N) is 1. The fourth-order valence-electron chi connectivity index (χ4n) is 4.24. The van der Waals surface area contributed by atoms with E-state index in [9.17, 15) is 4.79 Å². The zero-order valence-electron chi connectivity index (χ0n) is 17.3. The third kappa shape index (κ3) is 4.32. The lowest BCUT2D eigenvalue weighted by molar-refractivity contribution is -0.147. The third-order valence-electron chi connectivity index (χ3n) is 6.06. The van der Waals surface area contributed by atoms with Crippen LogP contribution in [0.1, 0.15) is 30.0 Å². The summed E-state index contributed by atoms with van der Waals surface area (Å²) in [4.78, 5) is 13.2. The number of aryl methyl sites for hydroxylation is 1. The molecular formula is C24H26ClNO4. The van der Waals surface area contributed by atoms with E-state index in [2.05, 4.69) is 24.0 Å². The van der Waals surface area contributed by atoms with Crippen LogP contribution in [0.5, 0.6) is 11.5 Å². The average Bonchev–Trinajstić information content (AvgIpc) is 2.70. The Bertz CT molecular complexity index is 995. The summed E-state index contributed by atoms with van der Waals surface area (Å²) in [5.74, 6) is 0.699. The minimum Gasteiger partial charge on any atom is -0.496 e. The first-order valence-corrected chi connectivity index (χ1v) is 10.5. The van der Waals surface area contributed by atoms with E-state index in [1.165, 1.54) is 22.3 Å². The molecule has 0 amide bonds. The van der Waals surface area contributed by atoms with Crippen LogP contribution in [0.3, 0.4) is 0 Å². The lowest BCUT2D eigenvalue weighted by Crippen LogP contribution is -2.50. The molecule has 0 spiro atoms. The van der Waals surface area contributed by atoms with Gasteiger partial charge in [0.05, 0.1) is 13.0 Å². The number of aliphatic carboxylic acids is 1. The van der Waals surface area contributed by atoms with Gasteiger partial charge in [-0.2, -0.15) is 0 Å². The number of carboxylic acid groups (broad SMARTS) is 1. The molecule has 1 fully saturated rings. The van der Waals surface area contributed by atoms with Crippen molar-refractivity contribution in [1.82, 2.24) is 4.90 Å². The van der Waals surface area contributed by atoms with Gasteiger partial charge in [0.25, 0.3) is 0 Å². The maximum Gasteiger partial charge on any atom is 0.309 e. The van der Waals surface area contributed by atoms with E-state index in [0.717, 1.165) is 36.4 Å². The van der Waals surface area contributed by atoms with Gasteiger partial charge in [0, 0.05) is 30.2 Å². The Morgan fingerprint density at radius 2 is 2.00 bits per heavy atom. The Balaban J connectivity index is 1.43. The van der Waals surface area contributed by atoms with Gasteiger partial charge in [0.15, 0.2) is 0 Å². The van der Waals surface area contributed by atoms with Crippen molar-refractivity contribution in [3.63, 3.8) is 0 Å². The molecule has 158 valence electrons. The molecule has 0 radical (unpaired) electrons. The normalized spacial score (nSPS) is 16.8. The van der Waals surface area contributed by atoms with E-state index in [0.29, 0.717) is 24.7 Å². The number of fused-ring (bicyclic) bond motifs is 1.